The van der Waals surface area contributed by atoms with Gasteiger partial charge in [-0.05, 0) is 30.4 Å². The lowest BCUT2D eigenvalue weighted by molar-refractivity contribution is 0.104. The molecule has 0 spiro atoms. The number of nitrogens with zero attached hydrogens (tertiary/aromatic N) is 1. The van der Waals surface area contributed by atoms with Gasteiger partial charge in [0.15, 0.2) is 5.78 Å². The van der Waals surface area contributed by atoms with Crippen LogP contribution in [0.25, 0.3) is 6.08 Å². The van der Waals surface area contributed by atoms with Crippen LogP contribution in [0.4, 0.5) is 14.9 Å². The zero-order chi connectivity index (χ0) is 16.2. The summed E-state index contributed by atoms with van der Waals surface area (Å²) in [7, 11) is 0. The van der Waals surface area contributed by atoms with Crippen molar-refractivity contribution in [2.24, 2.45) is 0 Å². The van der Waals surface area contributed by atoms with Gasteiger partial charge in [0.05, 0.1) is 6.54 Å². The highest BCUT2D eigenvalue weighted by molar-refractivity contribution is 6.07. The standard InChI is InChI=1S/C18H14FNO3/c19-16-7-2-1-4-13(16)8-9-17(21)14-5-3-6-15(12-14)20-10-11-23-18(20)22/h1-9,12H,10-11H2/b9-8+. The number of cyclic esters (lactones) is 1. The summed E-state index contributed by atoms with van der Waals surface area (Å²) >= 11 is 0. The molecule has 1 aliphatic heterocycles. The maximum atomic E-state index is 13.5. The van der Waals surface area contributed by atoms with E-state index in [1.54, 1.807) is 42.5 Å². The molecule has 1 amide bonds. The van der Waals surface area contributed by atoms with Gasteiger partial charge in [-0.3, -0.25) is 9.69 Å². The number of ketones is 1. The van der Waals surface area contributed by atoms with Crippen LogP contribution in [-0.2, 0) is 4.74 Å². The molecule has 0 radical (unpaired) electrons. The molecule has 0 saturated carbocycles. The van der Waals surface area contributed by atoms with Crippen LogP contribution in [0.15, 0.2) is 54.6 Å². The molecule has 2 aromatic carbocycles. The van der Waals surface area contributed by atoms with Crippen LogP contribution in [-0.4, -0.2) is 25.0 Å². The van der Waals surface area contributed by atoms with E-state index in [1.165, 1.54) is 23.1 Å². The lowest BCUT2D eigenvalue weighted by atomic mass is 10.1. The molecular weight excluding hydrogens is 297 g/mol. The lowest BCUT2D eigenvalue weighted by Gasteiger charge is -2.13. The molecule has 0 bridgehead atoms. The second-order valence-corrected chi connectivity index (χ2v) is 5.04. The Bertz CT molecular complexity index is 785. The van der Waals surface area contributed by atoms with E-state index in [1.807, 2.05) is 0 Å². The minimum Gasteiger partial charge on any atom is -0.447 e. The van der Waals surface area contributed by atoms with Crippen LogP contribution < -0.4 is 4.90 Å². The summed E-state index contributed by atoms with van der Waals surface area (Å²) in [5.74, 6) is -0.646. The van der Waals surface area contributed by atoms with Crippen molar-refractivity contribution in [3.8, 4) is 0 Å². The van der Waals surface area contributed by atoms with Crippen molar-refractivity contribution in [3.05, 3.63) is 71.6 Å². The fourth-order valence-electron chi connectivity index (χ4n) is 2.33. The summed E-state index contributed by atoms with van der Waals surface area (Å²) in [5.41, 5.74) is 1.38. The molecule has 0 N–H and O–H groups in total. The highest BCUT2D eigenvalue weighted by Gasteiger charge is 2.23. The van der Waals surface area contributed by atoms with Crippen LogP contribution in [0.3, 0.4) is 0 Å². The van der Waals surface area contributed by atoms with E-state index in [-0.39, 0.29) is 11.6 Å². The quantitative estimate of drug-likeness (QED) is 0.639. The summed E-state index contributed by atoms with van der Waals surface area (Å²) in [4.78, 5) is 25.3. The number of amides is 1. The van der Waals surface area contributed by atoms with Gasteiger partial charge in [0, 0.05) is 16.8 Å². The summed E-state index contributed by atoms with van der Waals surface area (Å²) in [6.45, 7) is 0.797. The van der Waals surface area contributed by atoms with Crippen LogP contribution in [0.2, 0.25) is 0 Å². The van der Waals surface area contributed by atoms with Crippen molar-refractivity contribution in [3.63, 3.8) is 0 Å². The van der Waals surface area contributed by atoms with Gasteiger partial charge >= 0.3 is 6.09 Å². The van der Waals surface area contributed by atoms with Gasteiger partial charge in [0.25, 0.3) is 0 Å². The number of anilines is 1. The first-order valence-electron chi connectivity index (χ1n) is 7.16. The summed E-state index contributed by atoms with van der Waals surface area (Å²) in [6, 6.07) is 12.9. The largest absolute Gasteiger partial charge is 0.447 e. The molecule has 1 heterocycles. The van der Waals surface area contributed by atoms with Gasteiger partial charge in [0.2, 0.25) is 0 Å². The van der Waals surface area contributed by atoms with E-state index < -0.39 is 6.09 Å². The number of ether oxygens (including phenoxy) is 1. The summed E-state index contributed by atoms with van der Waals surface area (Å²) in [5, 5.41) is 0. The molecular formula is C18H14FNO3. The Kier molecular flexibility index (Phi) is 4.19. The van der Waals surface area contributed by atoms with Crippen molar-refractivity contribution in [1.82, 2.24) is 0 Å². The van der Waals surface area contributed by atoms with E-state index in [0.717, 1.165) is 0 Å². The number of hydrogen-bond donors (Lipinski definition) is 0. The third-order valence-electron chi connectivity index (χ3n) is 3.52. The third kappa shape index (κ3) is 3.29. The average molecular weight is 311 g/mol. The molecule has 1 fully saturated rings. The number of allylic oxidation sites excluding steroid dienone is 1. The number of carbonyl (C=O) groups excluding carboxylic acids is 2. The Hall–Kier alpha value is -2.95. The van der Waals surface area contributed by atoms with Gasteiger partial charge in [0.1, 0.15) is 12.4 Å². The van der Waals surface area contributed by atoms with Gasteiger partial charge in [-0.15, -0.1) is 0 Å². The summed E-state index contributed by atoms with van der Waals surface area (Å²) in [6.07, 6.45) is 2.34. The Morgan fingerprint density at radius 3 is 2.74 bits per heavy atom. The minimum absolute atomic E-state index is 0.261. The van der Waals surface area contributed by atoms with Crippen LogP contribution in [0.1, 0.15) is 15.9 Å². The van der Waals surface area contributed by atoms with Gasteiger partial charge in [-0.25, -0.2) is 9.18 Å². The zero-order valence-electron chi connectivity index (χ0n) is 12.2. The van der Waals surface area contributed by atoms with E-state index >= 15 is 0 Å². The van der Waals surface area contributed by atoms with Crippen molar-refractivity contribution in [1.29, 1.82) is 0 Å². The minimum atomic E-state index is -0.420. The van der Waals surface area contributed by atoms with Crippen molar-refractivity contribution < 1.29 is 18.7 Å². The first-order valence-corrected chi connectivity index (χ1v) is 7.16. The van der Waals surface area contributed by atoms with Crippen LogP contribution >= 0.6 is 0 Å². The summed E-state index contributed by atoms with van der Waals surface area (Å²) < 4.78 is 18.4. The average Bonchev–Trinajstić information content (AvgIpc) is 3.00. The predicted octanol–water partition coefficient (Wildman–Crippen LogP) is 3.68. The number of rotatable bonds is 4. The number of benzene rings is 2. The molecule has 2 aromatic rings. The highest BCUT2D eigenvalue weighted by Crippen LogP contribution is 2.20. The molecule has 4 nitrogen and oxygen atoms in total. The smallest absolute Gasteiger partial charge is 0.414 e. The number of carbonyl (C=O) groups is 2. The highest BCUT2D eigenvalue weighted by atomic mass is 19.1. The van der Waals surface area contributed by atoms with Gasteiger partial charge in [-0.2, -0.15) is 0 Å². The monoisotopic (exact) mass is 311 g/mol. The Morgan fingerprint density at radius 2 is 2.00 bits per heavy atom. The fourth-order valence-corrected chi connectivity index (χ4v) is 2.33. The van der Waals surface area contributed by atoms with Gasteiger partial charge in [-0.1, -0.05) is 30.3 Å². The molecule has 0 unspecified atom stereocenters. The molecule has 116 valence electrons. The van der Waals surface area contributed by atoms with E-state index in [9.17, 15) is 14.0 Å². The van der Waals surface area contributed by atoms with Crippen LogP contribution in [0.5, 0.6) is 0 Å². The lowest BCUT2D eigenvalue weighted by Crippen LogP contribution is -2.23. The van der Waals surface area contributed by atoms with Crippen molar-refractivity contribution in [2.45, 2.75) is 0 Å². The first kappa shape index (κ1) is 15.0. The molecule has 0 aromatic heterocycles. The molecule has 1 saturated heterocycles. The van der Waals surface area contributed by atoms with Crippen molar-refractivity contribution >= 4 is 23.6 Å². The second kappa shape index (κ2) is 6.44. The Morgan fingerprint density at radius 1 is 1.17 bits per heavy atom. The fraction of sp³-hybridized carbons (Fsp3) is 0.111. The molecule has 5 heteroatoms. The molecule has 1 aliphatic rings. The molecule has 23 heavy (non-hydrogen) atoms. The molecule has 3 rings (SSSR count). The third-order valence-corrected chi connectivity index (χ3v) is 3.52. The number of halogens is 1. The van der Waals surface area contributed by atoms with Crippen molar-refractivity contribution in [2.75, 3.05) is 18.1 Å². The number of hydrogen-bond acceptors (Lipinski definition) is 3. The molecule has 0 aliphatic carbocycles. The van der Waals surface area contributed by atoms with Crippen LogP contribution in [0, 0.1) is 5.82 Å². The first-order chi connectivity index (χ1) is 11.1. The van der Waals surface area contributed by atoms with E-state index in [2.05, 4.69) is 0 Å². The van der Waals surface area contributed by atoms with E-state index in [4.69, 9.17) is 4.74 Å². The normalized spacial score (nSPS) is 14.3. The predicted molar refractivity (Wildman–Crippen MR) is 84.9 cm³/mol. The Balaban J connectivity index is 1.80. The zero-order valence-corrected chi connectivity index (χ0v) is 12.2. The second-order valence-electron chi connectivity index (χ2n) is 5.04. The van der Waals surface area contributed by atoms with Gasteiger partial charge < -0.3 is 4.74 Å². The molecule has 0 atom stereocenters. The maximum absolute atomic E-state index is 13.5. The maximum Gasteiger partial charge on any atom is 0.414 e. The SMILES string of the molecule is O=C(/C=C/c1ccccc1F)c1cccc(N2CCOC2=O)c1. The Labute approximate surface area is 132 Å². The topological polar surface area (TPSA) is 46.6 Å². The van der Waals surface area contributed by atoms with E-state index in [0.29, 0.717) is 30.0 Å².